The number of carbonyl (C=O) groups excluding carboxylic acids is 1. The number of fused-ring (bicyclic) bond motifs is 1. The van der Waals surface area contributed by atoms with Crippen LogP contribution in [0, 0.1) is 23.2 Å². The van der Waals surface area contributed by atoms with Crippen molar-refractivity contribution >= 4 is 5.91 Å². The normalized spacial score (nSPS) is 44.6. The number of likely N-dealkylation sites (tertiary alicyclic amines) is 1. The molecule has 90 valence electrons. The molecule has 0 aromatic carbocycles. The van der Waals surface area contributed by atoms with Crippen molar-refractivity contribution in [3.63, 3.8) is 0 Å². The topological polar surface area (TPSA) is 46.3 Å². The Bertz CT molecular complexity index is 326. The summed E-state index contributed by atoms with van der Waals surface area (Å²) in [6, 6.07) is 0.343. The molecule has 16 heavy (non-hydrogen) atoms. The number of carbonyl (C=O) groups is 1. The van der Waals surface area contributed by atoms with Crippen molar-refractivity contribution in [3.8, 4) is 0 Å². The van der Waals surface area contributed by atoms with Crippen molar-refractivity contribution in [2.75, 3.05) is 13.1 Å². The molecule has 0 spiro atoms. The van der Waals surface area contributed by atoms with Crippen molar-refractivity contribution in [1.29, 1.82) is 0 Å². The molecule has 1 heterocycles. The highest BCUT2D eigenvalue weighted by atomic mass is 16.2. The molecule has 0 bridgehead atoms. The summed E-state index contributed by atoms with van der Waals surface area (Å²) in [5.41, 5.74) is 6.35. The van der Waals surface area contributed by atoms with Crippen molar-refractivity contribution in [2.45, 2.75) is 39.2 Å². The maximum absolute atomic E-state index is 12.2. The zero-order valence-electron chi connectivity index (χ0n) is 10.3. The van der Waals surface area contributed by atoms with Crippen molar-refractivity contribution in [1.82, 2.24) is 4.90 Å². The molecular formula is C13H22N2O. The molecular weight excluding hydrogens is 200 g/mol. The highest BCUT2D eigenvalue weighted by Crippen LogP contribution is 2.53. The zero-order chi connectivity index (χ0) is 11.5. The van der Waals surface area contributed by atoms with Gasteiger partial charge in [-0.3, -0.25) is 4.79 Å². The number of nitrogens with zero attached hydrogens (tertiary/aromatic N) is 1. The van der Waals surface area contributed by atoms with E-state index in [0.717, 1.165) is 25.9 Å². The SMILES string of the molecule is CC1(C)C[C@@H]1C(=O)N1C[C@@H]2CC[C@H](N)[C@H]2C1. The first kappa shape index (κ1) is 10.6. The summed E-state index contributed by atoms with van der Waals surface area (Å²) < 4.78 is 0. The molecule has 3 heteroatoms. The van der Waals surface area contributed by atoms with Gasteiger partial charge in [-0.15, -0.1) is 0 Å². The van der Waals surface area contributed by atoms with Crippen LogP contribution in [0.2, 0.25) is 0 Å². The van der Waals surface area contributed by atoms with E-state index in [1.165, 1.54) is 6.42 Å². The van der Waals surface area contributed by atoms with Gasteiger partial charge in [-0.05, 0) is 36.5 Å². The van der Waals surface area contributed by atoms with Gasteiger partial charge in [-0.1, -0.05) is 13.8 Å². The van der Waals surface area contributed by atoms with Gasteiger partial charge < -0.3 is 10.6 Å². The third-order valence-corrected chi connectivity index (χ3v) is 5.04. The first-order valence-corrected chi connectivity index (χ1v) is 6.53. The summed E-state index contributed by atoms with van der Waals surface area (Å²) >= 11 is 0. The third-order valence-electron chi connectivity index (χ3n) is 5.04. The molecule has 0 aromatic rings. The Morgan fingerprint density at radius 1 is 1.31 bits per heavy atom. The van der Waals surface area contributed by atoms with E-state index >= 15 is 0 Å². The highest BCUT2D eigenvalue weighted by molar-refractivity contribution is 5.82. The molecule has 1 amide bonds. The number of hydrogen-bond acceptors (Lipinski definition) is 2. The maximum Gasteiger partial charge on any atom is 0.226 e. The quantitative estimate of drug-likeness (QED) is 0.725. The standard InChI is InChI=1S/C13H22N2O/c1-13(2)5-10(13)12(16)15-6-8-3-4-11(14)9(8)7-15/h8-11H,3-7,14H2,1-2H3/t8-,9-,10+,11-/m0/s1. The van der Waals surface area contributed by atoms with Crippen LogP contribution in [0.5, 0.6) is 0 Å². The van der Waals surface area contributed by atoms with Crippen LogP contribution >= 0.6 is 0 Å². The summed E-state index contributed by atoms with van der Waals surface area (Å²) in [5, 5.41) is 0. The van der Waals surface area contributed by atoms with Crippen LogP contribution < -0.4 is 5.73 Å². The lowest BCUT2D eigenvalue weighted by Gasteiger charge is -2.19. The predicted molar refractivity (Wildman–Crippen MR) is 62.7 cm³/mol. The Morgan fingerprint density at radius 3 is 2.56 bits per heavy atom. The number of amides is 1. The maximum atomic E-state index is 12.2. The first-order valence-electron chi connectivity index (χ1n) is 6.53. The zero-order valence-corrected chi connectivity index (χ0v) is 10.3. The molecule has 3 aliphatic rings. The van der Waals surface area contributed by atoms with Crippen LogP contribution in [0.4, 0.5) is 0 Å². The predicted octanol–water partition coefficient (Wildman–Crippen LogP) is 1.23. The Morgan fingerprint density at radius 2 is 2.00 bits per heavy atom. The molecule has 3 rings (SSSR count). The molecule has 0 aromatic heterocycles. The second kappa shape index (κ2) is 3.22. The highest BCUT2D eigenvalue weighted by Gasteiger charge is 2.54. The average Bonchev–Trinajstić information content (AvgIpc) is 2.63. The van der Waals surface area contributed by atoms with E-state index in [4.69, 9.17) is 5.73 Å². The second-order valence-electron chi connectivity index (χ2n) is 6.65. The third kappa shape index (κ3) is 1.48. The number of hydrogen-bond donors (Lipinski definition) is 1. The molecule has 0 radical (unpaired) electrons. The summed E-state index contributed by atoms with van der Waals surface area (Å²) in [6.45, 7) is 6.29. The summed E-state index contributed by atoms with van der Waals surface area (Å²) in [5.74, 6) is 1.97. The summed E-state index contributed by atoms with van der Waals surface area (Å²) in [4.78, 5) is 14.3. The van der Waals surface area contributed by atoms with Gasteiger partial charge >= 0.3 is 0 Å². The van der Waals surface area contributed by atoms with Crippen molar-refractivity contribution < 1.29 is 4.79 Å². The van der Waals surface area contributed by atoms with E-state index in [0.29, 0.717) is 29.7 Å². The van der Waals surface area contributed by atoms with Gasteiger partial charge in [0.05, 0.1) is 0 Å². The molecule has 1 aliphatic heterocycles. The minimum Gasteiger partial charge on any atom is -0.342 e. The van der Waals surface area contributed by atoms with Gasteiger partial charge in [0.25, 0.3) is 0 Å². The molecule has 2 N–H and O–H groups in total. The van der Waals surface area contributed by atoms with Gasteiger partial charge in [0, 0.05) is 25.0 Å². The lowest BCUT2D eigenvalue weighted by atomic mass is 9.98. The fourth-order valence-electron chi connectivity index (χ4n) is 3.60. The smallest absolute Gasteiger partial charge is 0.226 e. The van der Waals surface area contributed by atoms with Gasteiger partial charge in [0.2, 0.25) is 5.91 Å². The fraction of sp³-hybridized carbons (Fsp3) is 0.923. The summed E-state index contributed by atoms with van der Waals surface area (Å²) in [6.07, 6.45) is 3.46. The lowest BCUT2D eigenvalue weighted by molar-refractivity contribution is -0.132. The minimum atomic E-state index is 0.261. The van der Waals surface area contributed by atoms with Crippen molar-refractivity contribution in [3.05, 3.63) is 0 Å². The van der Waals surface area contributed by atoms with E-state index in [-0.39, 0.29) is 5.41 Å². The Kier molecular flexibility index (Phi) is 2.13. The van der Waals surface area contributed by atoms with E-state index < -0.39 is 0 Å². The van der Waals surface area contributed by atoms with E-state index in [2.05, 4.69) is 18.7 Å². The largest absolute Gasteiger partial charge is 0.342 e. The van der Waals surface area contributed by atoms with Crippen molar-refractivity contribution in [2.24, 2.45) is 28.9 Å². The van der Waals surface area contributed by atoms with Gasteiger partial charge in [-0.2, -0.15) is 0 Å². The fourth-order valence-corrected chi connectivity index (χ4v) is 3.60. The molecule has 1 saturated heterocycles. The van der Waals surface area contributed by atoms with Crippen LogP contribution in [-0.2, 0) is 4.79 Å². The Balaban J connectivity index is 1.64. The second-order valence-corrected chi connectivity index (χ2v) is 6.65. The molecule has 0 unspecified atom stereocenters. The average molecular weight is 222 g/mol. The lowest BCUT2D eigenvalue weighted by Crippen LogP contribution is -2.35. The minimum absolute atomic E-state index is 0.261. The van der Waals surface area contributed by atoms with E-state index in [1.54, 1.807) is 0 Å². The van der Waals surface area contributed by atoms with Crippen LogP contribution in [0.25, 0.3) is 0 Å². The number of nitrogens with two attached hydrogens (primary N) is 1. The van der Waals surface area contributed by atoms with Crippen LogP contribution in [-0.4, -0.2) is 29.9 Å². The van der Waals surface area contributed by atoms with E-state index in [9.17, 15) is 4.79 Å². The van der Waals surface area contributed by atoms with Crippen LogP contribution in [0.15, 0.2) is 0 Å². The molecule has 2 aliphatic carbocycles. The molecule has 3 nitrogen and oxygen atoms in total. The van der Waals surface area contributed by atoms with Crippen LogP contribution in [0.1, 0.15) is 33.1 Å². The van der Waals surface area contributed by atoms with Crippen LogP contribution in [0.3, 0.4) is 0 Å². The monoisotopic (exact) mass is 222 g/mol. The molecule has 2 saturated carbocycles. The number of rotatable bonds is 1. The Labute approximate surface area is 97.4 Å². The summed E-state index contributed by atoms with van der Waals surface area (Å²) in [7, 11) is 0. The van der Waals surface area contributed by atoms with Gasteiger partial charge in [0.15, 0.2) is 0 Å². The molecule has 4 atom stereocenters. The Hall–Kier alpha value is -0.570. The first-order chi connectivity index (χ1) is 7.49. The van der Waals surface area contributed by atoms with E-state index in [1.807, 2.05) is 0 Å². The molecule has 3 fully saturated rings. The van der Waals surface area contributed by atoms with Gasteiger partial charge in [0.1, 0.15) is 0 Å². The van der Waals surface area contributed by atoms with Gasteiger partial charge in [-0.25, -0.2) is 0 Å².